The number of rotatable bonds is 6. The number of hydrogen-bond donors (Lipinski definition) is 3. The molecule has 5 rings (SSSR count). The van der Waals surface area contributed by atoms with Crippen LogP contribution in [0.4, 0.5) is 14.5 Å². The lowest BCUT2D eigenvalue weighted by molar-refractivity contribution is -0.0797. The van der Waals surface area contributed by atoms with Gasteiger partial charge in [0.2, 0.25) is 0 Å². The molecule has 3 heterocycles. The van der Waals surface area contributed by atoms with E-state index in [1.807, 2.05) is 13.0 Å². The summed E-state index contributed by atoms with van der Waals surface area (Å²) in [6.07, 6.45) is 3.69. The minimum absolute atomic E-state index is 0.00311. The molecule has 3 aromatic rings. The average molecular weight is 543 g/mol. The van der Waals surface area contributed by atoms with Gasteiger partial charge in [0.1, 0.15) is 34.9 Å². The summed E-state index contributed by atoms with van der Waals surface area (Å²) in [6, 6.07) is 6.51. The molecule has 4 N–H and O–H groups in total. The summed E-state index contributed by atoms with van der Waals surface area (Å²) in [5.74, 6) is -1.78. The van der Waals surface area contributed by atoms with Crippen LogP contribution in [0.3, 0.4) is 0 Å². The Kier molecular flexibility index (Phi) is 7.68. The van der Waals surface area contributed by atoms with Gasteiger partial charge in [0.05, 0.1) is 31.2 Å². The highest BCUT2D eigenvalue weighted by atomic mass is 31.0. The Labute approximate surface area is 221 Å². The Morgan fingerprint density at radius 3 is 2.68 bits per heavy atom. The van der Waals surface area contributed by atoms with E-state index in [0.717, 1.165) is 11.6 Å². The highest BCUT2D eigenvalue weighted by molar-refractivity contribution is 7.28. The van der Waals surface area contributed by atoms with Crippen molar-refractivity contribution in [2.75, 3.05) is 18.5 Å². The Hall–Kier alpha value is -3.04. The van der Waals surface area contributed by atoms with Gasteiger partial charge in [0.15, 0.2) is 0 Å². The van der Waals surface area contributed by atoms with Gasteiger partial charge in [-0.15, -0.1) is 9.24 Å². The van der Waals surface area contributed by atoms with Crippen molar-refractivity contribution in [3.63, 3.8) is 0 Å². The molecular weight excluding hydrogens is 513 g/mol. The molecule has 200 valence electrons. The van der Waals surface area contributed by atoms with Crippen LogP contribution < -0.4 is 21.1 Å². The van der Waals surface area contributed by atoms with Gasteiger partial charge < -0.3 is 25.6 Å². The van der Waals surface area contributed by atoms with Gasteiger partial charge in [0, 0.05) is 23.9 Å². The molecule has 2 aliphatic rings. The van der Waals surface area contributed by atoms with Crippen molar-refractivity contribution in [1.29, 1.82) is 0 Å². The second-order valence-corrected chi connectivity index (χ2v) is 10.5. The number of carbonyl (C=O) groups is 1. The maximum atomic E-state index is 15.1. The molecule has 0 bridgehead atoms. The number of aliphatic hydroxyl groups excluding tert-OH is 1. The number of nitrogens with zero attached hydrogens (tertiary/aromatic N) is 2. The molecule has 2 fully saturated rings. The normalized spacial score (nSPS) is 23.5. The van der Waals surface area contributed by atoms with E-state index in [2.05, 4.69) is 24.5 Å². The van der Waals surface area contributed by atoms with Gasteiger partial charge in [-0.25, -0.2) is 13.8 Å². The minimum atomic E-state index is -0.768. The SMILES string of the molecule is CC1CC(c2ccncc2NC(=O)c2ccc(F)c(-c3c(F)cc(OC4COC4)cc3P)n2)CC(N)C1O. The number of pyridine rings is 2. The number of aromatic nitrogens is 2. The van der Waals surface area contributed by atoms with E-state index >= 15 is 4.39 Å². The molecule has 0 spiro atoms. The van der Waals surface area contributed by atoms with Gasteiger partial charge in [0.25, 0.3) is 5.91 Å². The molecule has 1 saturated carbocycles. The molecule has 1 aliphatic heterocycles. The first-order valence-electron chi connectivity index (χ1n) is 12.4. The second-order valence-electron chi connectivity index (χ2n) is 9.89. The van der Waals surface area contributed by atoms with E-state index in [1.165, 1.54) is 18.3 Å². The number of anilines is 1. The first kappa shape index (κ1) is 26.6. The van der Waals surface area contributed by atoms with E-state index < -0.39 is 23.6 Å². The lowest BCUT2D eigenvalue weighted by Gasteiger charge is -2.36. The van der Waals surface area contributed by atoms with Crippen molar-refractivity contribution in [3.8, 4) is 17.0 Å². The van der Waals surface area contributed by atoms with E-state index in [1.54, 1.807) is 12.3 Å². The molecule has 1 aromatic carbocycles. The van der Waals surface area contributed by atoms with Crippen LogP contribution in [0.5, 0.6) is 5.75 Å². The van der Waals surface area contributed by atoms with Crippen LogP contribution in [0.25, 0.3) is 11.3 Å². The number of benzene rings is 1. The van der Waals surface area contributed by atoms with Crippen LogP contribution in [0.2, 0.25) is 0 Å². The number of carbonyl (C=O) groups excluding carboxylic acids is 1. The first-order valence-corrected chi connectivity index (χ1v) is 13.0. The van der Waals surface area contributed by atoms with Crippen LogP contribution in [0.15, 0.2) is 42.7 Å². The number of hydrogen-bond acceptors (Lipinski definition) is 7. The molecule has 1 amide bonds. The van der Waals surface area contributed by atoms with Crippen molar-refractivity contribution in [3.05, 3.63) is 65.6 Å². The third-order valence-corrected chi connectivity index (χ3v) is 7.55. The van der Waals surface area contributed by atoms with E-state index in [4.69, 9.17) is 15.2 Å². The molecule has 1 aliphatic carbocycles. The maximum absolute atomic E-state index is 15.1. The fourth-order valence-electron chi connectivity index (χ4n) is 5.02. The largest absolute Gasteiger partial charge is 0.485 e. The summed E-state index contributed by atoms with van der Waals surface area (Å²) < 4.78 is 40.7. The Bertz CT molecular complexity index is 1320. The Morgan fingerprint density at radius 1 is 1.21 bits per heavy atom. The highest BCUT2D eigenvalue weighted by Crippen LogP contribution is 2.38. The van der Waals surface area contributed by atoms with E-state index in [9.17, 15) is 14.3 Å². The molecule has 38 heavy (non-hydrogen) atoms. The summed E-state index contributed by atoms with van der Waals surface area (Å²) in [5.41, 5.74) is 7.02. The zero-order valence-electron chi connectivity index (χ0n) is 20.7. The van der Waals surface area contributed by atoms with Gasteiger partial charge in [-0.2, -0.15) is 0 Å². The fourth-order valence-corrected chi connectivity index (χ4v) is 5.46. The van der Waals surface area contributed by atoms with Gasteiger partial charge >= 0.3 is 0 Å². The van der Waals surface area contributed by atoms with Gasteiger partial charge in [-0.3, -0.25) is 9.78 Å². The maximum Gasteiger partial charge on any atom is 0.274 e. The van der Waals surface area contributed by atoms with Crippen LogP contribution in [-0.4, -0.2) is 52.4 Å². The molecule has 11 heteroatoms. The third kappa shape index (κ3) is 5.40. The number of amides is 1. The average Bonchev–Trinajstić information content (AvgIpc) is 2.85. The monoisotopic (exact) mass is 542 g/mol. The zero-order valence-corrected chi connectivity index (χ0v) is 21.9. The summed E-state index contributed by atoms with van der Waals surface area (Å²) in [5, 5.41) is 13.4. The molecular formula is C27H29F2N4O4P. The molecule has 0 radical (unpaired) electrons. The summed E-state index contributed by atoms with van der Waals surface area (Å²) in [7, 11) is 2.37. The zero-order chi connectivity index (χ0) is 27.0. The van der Waals surface area contributed by atoms with Crippen LogP contribution >= 0.6 is 9.24 Å². The second kappa shape index (κ2) is 11.0. The molecule has 1 saturated heterocycles. The molecule has 5 unspecified atom stereocenters. The van der Waals surface area contributed by atoms with Crippen molar-refractivity contribution >= 4 is 26.1 Å². The smallest absolute Gasteiger partial charge is 0.274 e. The van der Waals surface area contributed by atoms with Crippen LogP contribution in [-0.2, 0) is 4.74 Å². The minimum Gasteiger partial charge on any atom is -0.485 e. The Balaban J connectivity index is 1.40. The van der Waals surface area contributed by atoms with E-state index in [0.29, 0.717) is 42.8 Å². The predicted molar refractivity (Wildman–Crippen MR) is 141 cm³/mol. The number of nitrogens with two attached hydrogens (primary N) is 1. The standard InChI is InChI=1S/C27H29F2N4O4P/c1-13-6-14(7-20(30)26(13)34)17-4-5-31-10-22(17)33-27(35)21-3-2-18(28)25(32-21)24-19(29)8-15(9-23(24)38)37-16-11-36-12-16/h2-5,8-10,13-14,16,20,26,34H,6-7,11-12,30,38H2,1H3,(H,33,35). The van der Waals surface area contributed by atoms with Gasteiger partial charge in [-0.1, -0.05) is 6.92 Å². The topological polar surface area (TPSA) is 120 Å². The van der Waals surface area contributed by atoms with Crippen LogP contribution in [0.1, 0.15) is 41.7 Å². The first-order chi connectivity index (χ1) is 18.2. The predicted octanol–water partition coefficient (Wildman–Crippen LogP) is 3.15. The van der Waals surface area contributed by atoms with Crippen molar-refractivity contribution in [1.82, 2.24) is 9.97 Å². The van der Waals surface area contributed by atoms with Crippen LogP contribution in [0, 0.1) is 17.6 Å². The lowest BCUT2D eigenvalue weighted by atomic mass is 9.74. The molecule has 5 atom stereocenters. The van der Waals surface area contributed by atoms with Crippen molar-refractivity contribution in [2.45, 2.75) is 43.9 Å². The molecule has 8 nitrogen and oxygen atoms in total. The summed E-state index contributed by atoms with van der Waals surface area (Å²) in [4.78, 5) is 21.5. The lowest BCUT2D eigenvalue weighted by Crippen LogP contribution is -2.44. The van der Waals surface area contributed by atoms with Gasteiger partial charge in [-0.05, 0) is 59.8 Å². The molecule has 2 aromatic heterocycles. The summed E-state index contributed by atoms with van der Waals surface area (Å²) >= 11 is 0. The van der Waals surface area contributed by atoms with Crippen molar-refractivity contribution in [2.24, 2.45) is 11.7 Å². The van der Waals surface area contributed by atoms with Crippen molar-refractivity contribution < 1.29 is 28.2 Å². The quantitative estimate of drug-likeness (QED) is 0.410. The number of ether oxygens (including phenoxy) is 2. The number of halogens is 2. The number of nitrogens with one attached hydrogen (secondary N) is 1. The van der Waals surface area contributed by atoms with E-state index in [-0.39, 0.29) is 40.9 Å². The summed E-state index contributed by atoms with van der Waals surface area (Å²) in [6.45, 7) is 2.80. The number of aliphatic hydroxyl groups is 1. The third-order valence-electron chi connectivity index (χ3n) is 7.10. The fraction of sp³-hybridized carbons (Fsp3) is 0.370. The highest BCUT2D eigenvalue weighted by Gasteiger charge is 2.34. The Morgan fingerprint density at radius 2 is 2.00 bits per heavy atom.